The van der Waals surface area contributed by atoms with Crippen molar-refractivity contribution in [3.8, 4) is 10.6 Å². The number of aromatic nitrogens is 2. The zero-order valence-corrected chi connectivity index (χ0v) is 12.9. The van der Waals surface area contributed by atoms with E-state index in [4.69, 9.17) is 0 Å². The number of alkyl halides is 3. The van der Waals surface area contributed by atoms with E-state index in [9.17, 15) is 22.8 Å². The van der Waals surface area contributed by atoms with Crippen LogP contribution >= 0.6 is 11.3 Å². The Balaban J connectivity index is 2.08. The third kappa shape index (κ3) is 4.92. The van der Waals surface area contributed by atoms with Crippen LogP contribution in [0.3, 0.4) is 0 Å². The van der Waals surface area contributed by atoms with Crippen LogP contribution in [-0.4, -0.2) is 28.4 Å². The van der Waals surface area contributed by atoms with Gasteiger partial charge >= 0.3 is 6.18 Å². The van der Waals surface area contributed by atoms with Gasteiger partial charge in [-0.2, -0.15) is 18.3 Å². The molecule has 0 unspecified atom stereocenters. The van der Waals surface area contributed by atoms with Crippen LogP contribution in [0.2, 0.25) is 0 Å². The van der Waals surface area contributed by atoms with Gasteiger partial charge in [0, 0.05) is 6.07 Å². The van der Waals surface area contributed by atoms with E-state index < -0.39 is 30.1 Å². The Bertz CT molecular complexity index is 726. The highest BCUT2D eigenvalue weighted by Crippen LogP contribution is 2.21. The molecule has 0 saturated heterocycles. The lowest BCUT2D eigenvalue weighted by Crippen LogP contribution is -2.39. The molecule has 0 saturated carbocycles. The van der Waals surface area contributed by atoms with Gasteiger partial charge in [-0.1, -0.05) is 13.0 Å². The fourth-order valence-corrected chi connectivity index (χ4v) is 2.53. The highest BCUT2D eigenvalue weighted by atomic mass is 32.1. The molecule has 0 aliphatic heterocycles. The molecule has 0 fully saturated rings. The van der Waals surface area contributed by atoms with Crippen LogP contribution < -0.4 is 10.9 Å². The molecule has 1 amide bonds. The van der Waals surface area contributed by atoms with E-state index in [2.05, 4.69) is 5.10 Å². The Morgan fingerprint density at radius 2 is 2.13 bits per heavy atom. The molecule has 1 atom stereocenters. The summed E-state index contributed by atoms with van der Waals surface area (Å²) < 4.78 is 37.4. The van der Waals surface area contributed by atoms with Crippen LogP contribution in [0.25, 0.3) is 10.6 Å². The Hall–Kier alpha value is -2.16. The molecule has 0 spiro atoms. The topological polar surface area (TPSA) is 64.0 Å². The molecule has 2 aromatic rings. The smallest absolute Gasteiger partial charge is 0.347 e. The number of halogens is 3. The van der Waals surface area contributed by atoms with Gasteiger partial charge in [-0.15, -0.1) is 11.3 Å². The predicted molar refractivity (Wildman–Crippen MR) is 80.0 cm³/mol. The Kier molecular flexibility index (Phi) is 5.19. The van der Waals surface area contributed by atoms with Crippen molar-refractivity contribution in [2.75, 3.05) is 6.54 Å². The first-order valence-corrected chi connectivity index (χ1v) is 7.61. The molecule has 5 nitrogen and oxygen atoms in total. The molecule has 9 heteroatoms. The zero-order valence-electron chi connectivity index (χ0n) is 12.1. The monoisotopic (exact) mass is 345 g/mol. The van der Waals surface area contributed by atoms with Crippen LogP contribution in [0.4, 0.5) is 13.2 Å². The van der Waals surface area contributed by atoms with E-state index in [0.29, 0.717) is 5.69 Å². The van der Waals surface area contributed by atoms with E-state index in [1.54, 1.807) is 11.4 Å². The average molecular weight is 345 g/mol. The van der Waals surface area contributed by atoms with Crippen LogP contribution in [0, 0.1) is 5.92 Å². The van der Waals surface area contributed by atoms with Gasteiger partial charge < -0.3 is 5.32 Å². The van der Waals surface area contributed by atoms with Crippen LogP contribution in [0.15, 0.2) is 34.4 Å². The third-order valence-corrected chi connectivity index (χ3v) is 3.89. The SMILES string of the molecule is C[C@@H](Cn1nc(-c2cccs2)ccc1=O)C(=O)NCC(F)(F)F. The number of nitrogens with one attached hydrogen (secondary N) is 1. The first-order chi connectivity index (χ1) is 10.8. The minimum Gasteiger partial charge on any atom is -0.347 e. The van der Waals surface area contributed by atoms with Gasteiger partial charge in [-0.05, 0) is 17.5 Å². The zero-order chi connectivity index (χ0) is 17.0. The molecule has 1 N–H and O–H groups in total. The molecule has 0 aromatic carbocycles. The van der Waals surface area contributed by atoms with Crippen molar-refractivity contribution in [3.05, 3.63) is 40.0 Å². The first kappa shape index (κ1) is 17.2. The standard InChI is InChI=1S/C14H14F3N3O2S/c1-9(13(22)18-8-14(15,16)17)7-20-12(21)5-4-10(19-20)11-3-2-6-23-11/h2-6,9H,7-8H2,1H3,(H,18,22)/t9-/m0/s1. The molecule has 2 aromatic heterocycles. The lowest BCUT2D eigenvalue weighted by atomic mass is 10.1. The van der Waals surface area contributed by atoms with Crippen LogP contribution in [0.1, 0.15) is 6.92 Å². The van der Waals surface area contributed by atoms with Crippen molar-refractivity contribution in [2.45, 2.75) is 19.6 Å². The van der Waals surface area contributed by atoms with Crippen LogP contribution in [0.5, 0.6) is 0 Å². The highest BCUT2D eigenvalue weighted by molar-refractivity contribution is 7.13. The Labute approximate surface area is 133 Å². The second kappa shape index (κ2) is 6.95. The van der Waals surface area contributed by atoms with Crippen molar-refractivity contribution in [1.29, 1.82) is 0 Å². The Morgan fingerprint density at radius 1 is 1.39 bits per heavy atom. The predicted octanol–water partition coefficient (Wildman–Crippen LogP) is 2.29. The third-order valence-electron chi connectivity index (χ3n) is 3.00. The lowest BCUT2D eigenvalue weighted by Gasteiger charge is -2.14. The molecule has 23 heavy (non-hydrogen) atoms. The molecule has 124 valence electrons. The van der Waals surface area contributed by atoms with Crippen molar-refractivity contribution < 1.29 is 18.0 Å². The number of hydrogen-bond donors (Lipinski definition) is 1. The molecular weight excluding hydrogens is 331 g/mol. The number of carbonyl (C=O) groups excluding carboxylic acids is 1. The minimum atomic E-state index is -4.47. The summed E-state index contributed by atoms with van der Waals surface area (Å²) in [6.45, 7) is -0.0485. The maximum atomic E-state index is 12.1. The number of amides is 1. The second-order valence-corrected chi connectivity index (χ2v) is 5.90. The van der Waals surface area contributed by atoms with Crippen molar-refractivity contribution in [3.63, 3.8) is 0 Å². The van der Waals surface area contributed by atoms with Gasteiger partial charge in [0.25, 0.3) is 5.56 Å². The highest BCUT2D eigenvalue weighted by Gasteiger charge is 2.28. The fourth-order valence-electron chi connectivity index (χ4n) is 1.84. The van der Waals surface area contributed by atoms with Crippen LogP contribution in [-0.2, 0) is 11.3 Å². The molecule has 2 rings (SSSR count). The molecular formula is C14H14F3N3O2S. The summed E-state index contributed by atoms with van der Waals surface area (Å²) in [6, 6.07) is 6.56. The lowest BCUT2D eigenvalue weighted by molar-refractivity contribution is -0.140. The van der Waals surface area contributed by atoms with Gasteiger partial charge in [-0.3, -0.25) is 9.59 Å². The number of thiophene rings is 1. The quantitative estimate of drug-likeness (QED) is 0.904. The van der Waals surface area contributed by atoms with Gasteiger partial charge in [0.1, 0.15) is 12.2 Å². The minimum absolute atomic E-state index is 0.0955. The van der Waals surface area contributed by atoms with Crippen molar-refractivity contribution >= 4 is 17.2 Å². The number of hydrogen-bond acceptors (Lipinski definition) is 4. The van der Waals surface area contributed by atoms with Gasteiger partial charge in [0.15, 0.2) is 0 Å². The normalized spacial score (nSPS) is 12.9. The van der Waals surface area contributed by atoms with E-state index in [1.165, 1.54) is 24.3 Å². The second-order valence-electron chi connectivity index (χ2n) is 4.95. The fraction of sp³-hybridized carbons (Fsp3) is 0.357. The maximum absolute atomic E-state index is 12.1. The van der Waals surface area contributed by atoms with E-state index >= 15 is 0 Å². The van der Waals surface area contributed by atoms with Crippen molar-refractivity contribution in [1.82, 2.24) is 15.1 Å². The van der Waals surface area contributed by atoms with Crippen molar-refractivity contribution in [2.24, 2.45) is 5.92 Å². The summed E-state index contributed by atoms with van der Waals surface area (Å²) >= 11 is 1.44. The molecule has 0 radical (unpaired) electrons. The summed E-state index contributed by atoms with van der Waals surface area (Å²) in [5, 5.41) is 7.82. The summed E-state index contributed by atoms with van der Waals surface area (Å²) in [5.41, 5.74) is 0.156. The molecule has 0 aliphatic rings. The summed E-state index contributed by atoms with van der Waals surface area (Å²) in [7, 11) is 0. The number of nitrogens with zero attached hydrogens (tertiary/aromatic N) is 2. The van der Waals surface area contributed by atoms with E-state index in [0.717, 1.165) is 9.56 Å². The number of rotatable bonds is 5. The average Bonchev–Trinajstić information content (AvgIpc) is 3.00. The van der Waals surface area contributed by atoms with Gasteiger partial charge in [-0.25, -0.2) is 4.68 Å². The number of carbonyl (C=O) groups is 1. The largest absolute Gasteiger partial charge is 0.405 e. The molecule has 0 bridgehead atoms. The summed E-state index contributed by atoms with van der Waals surface area (Å²) in [5.74, 6) is -1.60. The van der Waals surface area contributed by atoms with E-state index in [1.807, 2.05) is 17.5 Å². The van der Waals surface area contributed by atoms with E-state index in [-0.39, 0.29) is 6.54 Å². The van der Waals surface area contributed by atoms with Gasteiger partial charge in [0.2, 0.25) is 5.91 Å². The maximum Gasteiger partial charge on any atom is 0.405 e. The van der Waals surface area contributed by atoms with Gasteiger partial charge in [0.05, 0.1) is 17.3 Å². The Morgan fingerprint density at radius 3 is 2.74 bits per heavy atom. The first-order valence-electron chi connectivity index (χ1n) is 6.73. The molecule has 2 heterocycles. The summed E-state index contributed by atoms with van der Waals surface area (Å²) in [4.78, 5) is 24.3. The summed E-state index contributed by atoms with van der Waals surface area (Å²) in [6.07, 6.45) is -4.47. The molecule has 0 aliphatic carbocycles.